The highest BCUT2D eigenvalue weighted by Gasteiger charge is 2.35. The zero-order chi connectivity index (χ0) is 9.95. The van der Waals surface area contributed by atoms with Gasteiger partial charge in [-0.05, 0) is 18.3 Å². The normalized spacial score (nSPS) is 23.1. The Morgan fingerprint density at radius 3 is 2.00 bits per heavy atom. The third-order valence-corrected chi connectivity index (χ3v) is 6.10. The predicted molar refractivity (Wildman–Crippen MR) is 67.5 cm³/mol. The second kappa shape index (κ2) is 4.48. The first-order chi connectivity index (χ1) is 5.97. The van der Waals surface area contributed by atoms with Crippen LogP contribution in [0.15, 0.2) is 0 Å². The fourth-order valence-electron chi connectivity index (χ4n) is 2.78. The molecule has 0 amide bonds. The van der Waals surface area contributed by atoms with Crippen molar-refractivity contribution in [2.45, 2.75) is 57.8 Å². The van der Waals surface area contributed by atoms with Crippen LogP contribution in [0, 0.1) is 5.41 Å². The molecule has 0 unspecified atom stereocenters. The van der Waals surface area contributed by atoms with Crippen LogP contribution in [0.3, 0.4) is 0 Å². The minimum atomic E-state index is -0.868. The van der Waals surface area contributed by atoms with Crippen molar-refractivity contribution in [2.75, 3.05) is 5.33 Å². The fraction of sp³-hybridized carbons (Fsp3) is 1.00. The Morgan fingerprint density at radius 2 is 1.62 bits per heavy atom. The van der Waals surface area contributed by atoms with Gasteiger partial charge in [0.15, 0.2) is 0 Å². The van der Waals surface area contributed by atoms with Gasteiger partial charge < -0.3 is 0 Å². The van der Waals surface area contributed by atoms with Gasteiger partial charge in [0.1, 0.15) is 0 Å². The molecular formula is C11H23BrSi. The van der Waals surface area contributed by atoms with Crippen molar-refractivity contribution in [2.24, 2.45) is 5.41 Å². The van der Waals surface area contributed by atoms with E-state index in [-0.39, 0.29) is 0 Å². The second-order valence-corrected chi connectivity index (χ2v) is 12.0. The van der Waals surface area contributed by atoms with E-state index < -0.39 is 8.07 Å². The van der Waals surface area contributed by atoms with Gasteiger partial charge in [0.2, 0.25) is 0 Å². The molecule has 0 nitrogen and oxygen atoms in total. The van der Waals surface area contributed by atoms with Crippen molar-refractivity contribution in [3.63, 3.8) is 0 Å². The maximum atomic E-state index is 3.74. The Labute approximate surface area is 92.6 Å². The van der Waals surface area contributed by atoms with Crippen LogP contribution in [-0.4, -0.2) is 13.4 Å². The molecule has 1 fully saturated rings. The van der Waals surface area contributed by atoms with E-state index in [9.17, 15) is 0 Å². The highest BCUT2D eigenvalue weighted by atomic mass is 79.9. The van der Waals surface area contributed by atoms with E-state index in [2.05, 4.69) is 35.6 Å². The maximum absolute atomic E-state index is 3.74. The molecule has 1 aliphatic rings. The summed E-state index contributed by atoms with van der Waals surface area (Å²) in [5, 5.41) is 1.24. The van der Waals surface area contributed by atoms with Crippen molar-refractivity contribution in [1.82, 2.24) is 0 Å². The monoisotopic (exact) mass is 262 g/mol. The number of alkyl halides is 1. The molecule has 0 radical (unpaired) electrons. The van der Waals surface area contributed by atoms with Gasteiger partial charge >= 0.3 is 0 Å². The van der Waals surface area contributed by atoms with Gasteiger partial charge in [-0.15, -0.1) is 0 Å². The summed E-state index contributed by atoms with van der Waals surface area (Å²) < 4.78 is 0. The molecule has 0 bridgehead atoms. The van der Waals surface area contributed by atoms with Crippen molar-refractivity contribution < 1.29 is 0 Å². The Bertz CT molecular complexity index is 154. The van der Waals surface area contributed by atoms with Crippen molar-refractivity contribution in [1.29, 1.82) is 0 Å². The molecular weight excluding hydrogens is 240 g/mol. The summed E-state index contributed by atoms with van der Waals surface area (Å²) in [5.41, 5.74) is 0.683. The first kappa shape index (κ1) is 11.8. The molecule has 0 aromatic rings. The highest BCUT2D eigenvalue weighted by Crippen LogP contribution is 2.43. The topological polar surface area (TPSA) is 0 Å². The summed E-state index contributed by atoms with van der Waals surface area (Å²) in [6.07, 6.45) is 7.36. The number of halogens is 1. The molecule has 1 rings (SSSR count). The zero-order valence-corrected chi connectivity index (χ0v) is 11.9. The summed E-state index contributed by atoms with van der Waals surface area (Å²) >= 11 is 3.74. The summed E-state index contributed by atoms with van der Waals surface area (Å²) in [6.45, 7) is 7.52. The van der Waals surface area contributed by atoms with Gasteiger partial charge in [-0.25, -0.2) is 0 Å². The summed E-state index contributed by atoms with van der Waals surface area (Å²) in [4.78, 5) is 0. The van der Waals surface area contributed by atoms with Crippen LogP contribution >= 0.6 is 15.9 Å². The van der Waals surface area contributed by atoms with E-state index in [4.69, 9.17) is 0 Å². The minimum absolute atomic E-state index is 0.683. The smallest absolute Gasteiger partial charge is 0.0448 e. The molecule has 1 saturated carbocycles. The molecule has 2 heteroatoms. The number of rotatable bonds is 3. The molecule has 0 aromatic heterocycles. The van der Waals surface area contributed by atoms with Crippen molar-refractivity contribution in [3.05, 3.63) is 0 Å². The standard InChI is InChI=1S/C11H23BrSi/c1-13(2,3)10-11(9-12)7-5-4-6-8-11/h4-10H2,1-3H3. The van der Waals surface area contributed by atoms with Crippen LogP contribution < -0.4 is 0 Å². The molecule has 0 spiro atoms. The Kier molecular flexibility index (Phi) is 4.05. The van der Waals surface area contributed by atoms with Crippen LogP contribution in [0.25, 0.3) is 0 Å². The molecule has 78 valence electrons. The molecule has 0 heterocycles. The van der Waals surface area contributed by atoms with Gasteiger partial charge in [0.05, 0.1) is 0 Å². The molecule has 0 saturated heterocycles. The van der Waals surface area contributed by atoms with Gasteiger partial charge in [-0.1, -0.05) is 60.9 Å². The third-order valence-electron chi connectivity index (χ3n) is 3.10. The van der Waals surface area contributed by atoms with E-state index in [1.165, 1.54) is 43.5 Å². The average Bonchev–Trinajstić information content (AvgIpc) is 2.03. The van der Waals surface area contributed by atoms with Crippen LogP contribution in [-0.2, 0) is 0 Å². The van der Waals surface area contributed by atoms with Crippen LogP contribution in [0.1, 0.15) is 32.1 Å². The summed E-state index contributed by atoms with van der Waals surface area (Å²) in [5.74, 6) is 0. The Balaban J connectivity index is 2.57. The lowest BCUT2D eigenvalue weighted by atomic mass is 9.77. The van der Waals surface area contributed by atoms with E-state index in [1.54, 1.807) is 0 Å². The van der Waals surface area contributed by atoms with Gasteiger partial charge in [0.25, 0.3) is 0 Å². The molecule has 0 N–H and O–H groups in total. The largest absolute Gasteiger partial charge is 0.0922 e. The fourth-order valence-corrected chi connectivity index (χ4v) is 6.64. The Hall–Kier alpha value is 0.697. The summed E-state index contributed by atoms with van der Waals surface area (Å²) in [6, 6.07) is 1.52. The van der Waals surface area contributed by atoms with E-state index in [0.29, 0.717) is 5.41 Å². The van der Waals surface area contributed by atoms with Gasteiger partial charge in [-0.3, -0.25) is 0 Å². The average molecular weight is 263 g/mol. The summed E-state index contributed by atoms with van der Waals surface area (Å²) in [7, 11) is -0.868. The second-order valence-electron chi connectivity index (χ2n) is 5.93. The third kappa shape index (κ3) is 3.74. The zero-order valence-electron chi connectivity index (χ0n) is 9.33. The number of hydrogen-bond donors (Lipinski definition) is 0. The van der Waals surface area contributed by atoms with E-state index in [0.717, 1.165) is 0 Å². The first-order valence-electron chi connectivity index (χ1n) is 5.54. The SMILES string of the molecule is C[Si](C)(C)CC1(CBr)CCCCC1. The molecule has 0 atom stereocenters. The van der Waals surface area contributed by atoms with Crippen LogP contribution in [0.5, 0.6) is 0 Å². The quantitative estimate of drug-likeness (QED) is 0.512. The van der Waals surface area contributed by atoms with Crippen LogP contribution in [0.4, 0.5) is 0 Å². The maximum Gasteiger partial charge on any atom is 0.0448 e. The number of hydrogen-bond acceptors (Lipinski definition) is 0. The Morgan fingerprint density at radius 1 is 1.08 bits per heavy atom. The first-order valence-corrected chi connectivity index (χ1v) is 10.4. The van der Waals surface area contributed by atoms with E-state index >= 15 is 0 Å². The molecule has 1 aliphatic carbocycles. The van der Waals surface area contributed by atoms with Gasteiger partial charge in [-0.2, -0.15) is 0 Å². The minimum Gasteiger partial charge on any atom is -0.0922 e. The molecule has 13 heavy (non-hydrogen) atoms. The molecule has 0 aliphatic heterocycles. The predicted octanol–water partition coefficient (Wildman–Crippen LogP) is 4.67. The van der Waals surface area contributed by atoms with Crippen molar-refractivity contribution >= 4 is 24.0 Å². The van der Waals surface area contributed by atoms with Crippen LogP contribution in [0.2, 0.25) is 25.7 Å². The lowest BCUT2D eigenvalue weighted by molar-refractivity contribution is 0.250. The van der Waals surface area contributed by atoms with E-state index in [1.807, 2.05) is 0 Å². The lowest BCUT2D eigenvalue weighted by Crippen LogP contribution is -2.35. The lowest BCUT2D eigenvalue weighted by Gasteiger charge is -2.40. The molecule has 0 aromatic carbocycles. The highest BCUT2D eigenvalue weighted by molar-refractivity contribution is 9.09. The van der Waals surface area contributed by atoms with Gasteiger partial charge in [0, 0.05) is 13.4 Å². The van der Waals surface area contributed by atoms with Crippen molar-refractivity contribution in [3.8, 4) is 0 Å².